The summed E-state index contributed by atoms with van der Waals surface area (Å²) in [6, 6.07) is 10.1. The van der Waals surface area contributed by atoms with Gasteiger partial charge >= 0.3 is 0 Å². The summed E-state index contributed by atoms with van der Waals surface area (Å²) >= 11 is 1.58. The van der Waals surface area contributed by atoms with E-state index in [4.69, 9.17) is 0 Å². The third kappa shape index (κ3) is 3.16. The molecular formula is C17H22N2O2S. The highest BCUT2D eigenvalue weighted by molar-refractivity contribution is 7.19. The normalized spacial score (nSPS) is 23.4. The minimum atomic E-state index is -0.651. The highest BCUT2D eigenvalue weighted by atomic mass is 32.1. The van der Waals surface area contributed by atoms with Crippen molar-refractivity contribution in [2.24, 2.45) is 5.41 Å². The zero-order valence-electron chi connectivity index (χ0n) is 12.8. The first kappa shape index (κ1) is 15.5. The second-order valence-corrected chi connectivity index (χ2v) is 7.37. The van der Waals surface area contributed by atoms with Crippen molar-refractivity contribution in [3.63, 3.8) is 0 Å². The van der Waals surface area contributed by atoms with Crippen molar-refractivity contribution in [3.8, 4) is 0 Å². The first-order valence-electron chi connectivity index (χ1n) is 7.74. The monoisotopic (exact) mass is 318 g/mol. The molecule has 1 aromatic heterocycles. The number of hydrogen-bond donors (Lipinski definition) is 3. The average Bonchev–Trinajstić information content (AvgIpc) is 2.97. The zero-order valence-corrected chi connectivity index (χ0v) is 13.6. The second kappa shape index (κ2) is 6.36. The third-order valence-electron chi connectivity index (χ3n) is 4.37. The maximum atomic E-state index is 12.4. The van der Waals surface area contributed by atoms with Crippen molar-refractivity contribution in [2.75, 3.05) is 19.6 Å². The molecule has 2 aromatic rings. The first-order valence-corrected chi connectivity index (χ1v) is 8.56. The predicted molar refractivity (Wildman–Crippen MR) is 90.0 cm³/mol. The van der Waals surface area contributed by atoms with Crippen molar-refractivity contribution < 1.29 is 9.90 Å². The SMILES string of the molecule is CC1(C(=O)NCC(O)c2cc3ccccc3s2)CCCNC1. The molecule has 2 unspecified atom stereocenters. The summed E-state index contributed by atoms with van der Waals surface area (Å²) in [4.78, 5) is 13.3. The number of hydrogen-bond acceptors (Lipinski definition) is 4. The molecule has 3 N–H and O–H groups in total. The molecule has 0 spiro atoms. The van der Waals surface area contributed by atoms with Gasteiger partial charge in [0.25, 0.3) is 0 Å². The number of piperidine rings is 1. The molecule has 2 heterocycles. The molecule has 2 atom stereocenters. The van der Waals surface area contributed by atoms with Gasteiger partial charge in [-0.05, 0) is 43.8 Å². The van der Waals surface area contributed by atoms with Gasteiger partial charge in [-0.1, -0.05) is 18.2 Å². The lowest BCUT2D eigenvalue weighted by atomic mass is 9.82. The Morgan fingerprint density at radius 2 is 2.32 bits per heavy atom. The van der Waals surface area contributed by atoms with E-state index >= 15 is 0 Å². The summed E-state index contributed by atoms with van der Waals surface area (Å²) in [5.41, 5.74) is -0.363. The molecule has 1 fully saturated rings. The Kier molecular flexibility index (Phi) is 4.47. The minimum absolute atomic E-state index is 0.0276. The Hall–Kier alpha value is -1.43. The summed E-state index contributed by atoms with van der Waals surface area (Å²) in [6.07, 6.45) is 1.26. The number of carbonyl (C=O) groups excluding carboxylic acids is 1. The number of thiophene rings is 1. The summed E-state index contributed by atoms with van der Waals surface area (Å²) in [6.45, 7) is 3.94. The Balaban J connectivity index is 1.61. The Labute approximate surface area is 134 Å². The molecule has 22 heavy (non-hydrogen) atoms. The standard InChI is InChI=1S/C17H22N2O2S/c1-17(7-4-8-18-11-17)16(21)19-10-13(20)15-9-12-5-2-3-6-14(12)22-15/h2-3,5-6,9,13,18,20H,4,7-8,10-11H2,1H3,(H,19,21). The molecular weight excluding hydrogens is 296 g/mol. The molecule has 1 aromatic carbocycles. The molecule has 0 bridgehead atoms. The fourth-order valence-corrected chi connectivity index (χ4v) is 3.97. The number of benzene rings is 1. The molecule has 1 amide bonds. The second-order valence-electron chi connectivity index (χ2n) is 6.25. The van der Waals surface area contributed by atoms with Crippen LogP contribution >= 0.6 is 11.3 Å². The van der Waals surface area contributed by atoms with E-state index in [1.54, 1.807) is 11.3 Å². The minimum Gasteiger partial charge on any atom is -0.386 e. The number of rotatable bonds is 4. The highest BCUT2D eigenvalue weighted by Crippen LogP contribution is 2.30. The summed E-state index contributed by atoms with van der Waals surface area (Å²) in [7, 11) is 0. The van der Waals surface area contributed by atoms with Crippen LogP contribution in [0.4, 0.5) is 0 Å². The van der Waals surface area contributed by atoms with Gasteiger partial charge < -0.3 is 15.7 Å². The van der Waals surface area contributed by atoms with Gasteiger partial charge in [0.15, 0.2) is 0 Å². The molecule has 0 saturated carbocycles. The fraction of sp³-hybridized carbons (Fsp3) is 0.471. The van der Waals surface area contributed by atoms with Gasteiger partial charge in [-0.2, -0.15) is 0 Å². The maximum Gasteiger partial charge on any atom is 0.227 e. The Bertz CT molecular complexity index is 628. The molecule has 1 saturated heterocycles. The van der Waals surface area contributed by atoms with E-state index in [1.165, 1.54) is 0 Å². The van der Waals surface area contributed by atoms with Gasteiger partial charge in [0.05, 0.1) is 5.41 Å². The van der Waals surface area contributed by atoms with E-state index in [9.17, 15) is 9.90 Å². The molecule has 1 aliphatic rings. The lowest BCUT2D eigenvalue weighted by molar-refractivity contribution is -0.131. The number of fused-ring (bicyclic) bond motifs is 1. The van der Waals surface area contributed by atoms with E-state index < -0.39 is 6.10 Å². The molecule has 0 aliphatic carbocycles. The quantitative estimate of drug-likeness (QED) is 0.811. The smallest absolute Gasteiger partial charge is 0.227 e. The van der Waals surface area contributed by atoms with Crippen LogP contribution in [0.5, 0.6) is 0 Å². The fourth-order valence-electron chi connectivity index (χ4n) is 2.92. The van der Waals surface area contributed by atoms with Gasteiger partial charge in [-0.15, -0.1) is 11.3 Å². The largest absolute Gasteiger partial charge is 0.386 e. The van der Waals surface area contributed by atoms with Crippen LogP contribution in [-0.2, 0) is 4.79 Å². The number of aliphatic hydroxyl groups is 1. The zero-order chi connectivity index (χ0) is 15.6. The van der Waals surface area contributed by atoms with Crippen LogP contribution in [0.3, 0.4) is 0 Å². The van der Waals surface area contributed by atoms with Crippen LogP contribution in [0.1, 0.15) is 30.7 Å². The van der Waals surface area contributed by atoms with Crippen LogP contribution in [0.2, 0.25) is 0 Å². The number of amides is 1. The van der Waals surface area contributed by atoms with Crippen LogP contribution in [0.25, 0.3) is 10.1 Å². The third-order valence-corrected chi connectivity index (χ3v) is 5.59. The number of nitrogens with one attached hydrogen (secondary N) is 2. The van der Waals surface area contributed by atoms with Gasteiger partial charge in [-0.25, -0.2) is 0 Å². The molecule has 5 heteroatoms. The highest BCUT2D eigenvalue weighted by Gasteiger charge is 2.34. The molecule has 4 nitrogen and oxygen atoms in total. The first-order chi connectivity index (χ1) is 10.6. The predicted octanol–water partition coefficient (Wildman–Crippen LogP) is 2.44. The maximum absolute atomic E-state index is 12.4. The van der Waals surface area contributed by atoms with Crippen molar-refractivity contribution in [2.45, 2.75) is 25.9 Å². The molecule has 0 radical (unpaired) electrons. The van der Waals surface area contributed by atoms with E-state index in [0.29, 0.717) is 6.54 Å². The molecule has 3 rings (SSSR count). The van der Waals surface area contributed by atoms with E-state index in [2.05, 4.69) is 10.6 Å². The van der Waals surface area contributed by atoms with Crippen LogP contribution < -0.4 is 10.6 Å². The molecule has 118 valence electrons. The van der Waals surface area contributed by atoms with Crippen molar-refractivity contribution in [1.29, 1.82) is 0 Å². The lowest BCUT2D eigenvalue weighted by Gasteiger charge is -2.32. The Morgan fingerprint density at radius 1 is 1.50 bits per heavy atom. The molecule has 1 aliphatic heterocycles. The lowest BCUT2D eigenvalue weighted by Crippen LogP contribution is -2.49. The van der Waals surface area contributed by atoms with Crippen LogP contribution in [0, 0.1) is 5.41 Å². The van der Waals surface area contributed by atoms with E-state index in [-0.39, 0.29) is 17.9 Å². The Morgan fingerprint density at radius 3 is 3.05 bits per heavy atom. The van der Waals surface area contributed by atoms with Crippen LogP contribution in [0.15, 0.2) is 30.3 Å². The van der Waals surface area contributed by atoms with Crippen molar-refractivity contribution in [3.05, 3.63) is 35.2 Å². The van der Waals surface area contributed by atoms with Gasteiger partial charge in [-0.3, -0.25) is 4.79 Å². The van der Waals surface area contributed by atoms with Crippen molar-refractivity contribution >= 4 is 27.3 Å². The summed E-state index contributed by atoms with van der Waals surface area (Å²) < 4.78 is 1.16. The van der Waals surface area contributed by atoms with Gasteiger partial charge in [0, 0.05) is 22.7 Å². The van der Waals surface area contributed by atoms with Crippen LogP contribution in [-0.4, -0.2) is 30.6 Å². The average molecular weight is 318 g/mol. The topological polar surface area (TPSA) is 61.4 Å². The van der Waals surface area contributed by atoms with E-state index in [0.717, 1.165) is 34.3 Å². The number of carbonyl (C=O) groups is 1. The van der Waals surface area contributed by atoms with Gasteiger partial charge in [0.1, 0.15) is 6.10 Å². The van der Waals surface area contributed by atoms with Crippen molar-refractivity contribution in [1.82, 2.24) is 10.6 Å². The summed E-state index contributed by atoms with van der Waals surface area (Å²) in [5.74, 6) is 0.0276. The van der Waals surface area contributed by atoms with Gasteiger partial charge in [0.2, 0.25) is 5.91 Å². The number of aliphatic hydroxyl groups excluding tert-OH is 1. The van der Waals surface area contributed by atoms with E-state index in [1.807, 2.05) is 37.3 Å². The summed E-state index contributed by atoms with van der Waals surface area (Å²) in [5, 5.41) is 17.7.